The highest BCUT2D eigenvalue weighted by Gasteiger charge is 2.27. The van der Waals surface area contributed by atoms with Crippen molar-refractivity contribution in [2.75, 3.05) is 19.7 Å². The second-order valence-electron chi connectivity index (χ2n) is 5.03. The van der Waals surface area contributed by atoms with E-state index in [0.717, 1.165) is 43.7 Å². The minimum Gasteiger partial charge on any atom is -0.494 e. The maximum absolute atomic E-state index is 5.63. The lowest BCUT2D eigenvalue weighted by Crippen LogP contribution is -2.24. The molecular weight excluding hydrogens is 210 g/mol. The van der Waals surface area contributed by atoms with Crippen LogP contribution in [0.4, 0.5) is 0 Å². The van der Waals surface area contributed by atoms with E-state index in [4.69, 9.17) is 4.74 Å². The van der Waals surface area contributed by atoms with Crippen LogP contribution in [-0.2, 0) is 0 Å². The van der Waals surface area contributed by atoms with Crippen LogP contribution < -0.4 is 10.1 Å². The molecule has 1 aromatic carbocycles. The molecule has 1 aromatic rings. The number of hydrogen-bond acceptors (Lipinski definition) is 2. The van der Waals surface area contributed by atoms with Crippen molar-refractivity contribution < 1.29 is 4.74 Å². The van der Waals surface area contributed by atoms with E-state index in [1.54, 1.807) is 0 Å². The number of ether oxygens (including phenoxy) is 1. The molecule has 2 heteroatoms. The van der Waals surface area contributed by atoms with Gasteiger partial charge in [0.2, 0.25) is 0 Å². The van der Waals surface area contributed by atoms with Gasteiger partial charge in [-0.1, -0.05) is 25.1 Å². The van der Waals surface area contributed by atoms with Gasteiger partial charge in [0.1, 0.15) is 5.75 Å². The number of hydrogen-bond donors (Lipinski definition) is 1. The summed E-state index contributed by atoms with van der Waals surface area (Å²) in [6, 6.07) is 10.0. The van der Waals surface area contributed by atoms with Crippen molar-refractivity contribution in [3.63, 3.8) is 0 Å². The first-order valence-corrected chi connectivity index (χ1v) is 6.75. The van der Waals surface area contributed by atoms with Crippen molar-refractivity contribution in [3.8, 4) is 5.75 Å². The zero-order chi connectivity index (χ0) is 11.9. The predicted octanol–water partition coefficient (Wildman–Crippen LogP) is 3.09. The third kappa shape index (κ3) is 4.78. The van der Waals surface area contributed by atoms with Crippen LogP contribution in [0.25, 0.3) is 0 Å². The summed E-state index contributed by atoms with van der Waals surface area (Å²) in [6.07, 6.45) is 3.96. The van der Waals surface area contributed by atoms with Gasteiger partial charge in [-0.05, 0) is 56.3 Å². The van der Waals surface area contributed by atoms with Gasteiger partial charge < -0.3 is 10.1 Å². The average Bonchev–Trinajstić information content (AvgIpc) is 3.19. The van der Waals surface area contributed by atoms with Crippen LogP contribution in [0.1, 0.15) is 26.2 Å². The van der Waals surface area contributed by atoms with Crippen molar-refractivity contribution in [2.45, 2.75) is 26.2 Å². The average molecular weight is 233 g/mol. The Morgan fingerprint density at radius 2 is 2.06 bits per heavy atom. The van der Waals surface area contributed by atoms with Gasteiger partial charge in [-0.2, -0.15) is 0 Å². The second kappa shape index (κ2) is 6.65. The molecule has 2 rings (SSSR count). The maximum Gasteiger partial charge on any atom is 0.119 e. The molecule has 1 aliphatic carbocycles. The van der Waals surface area contributed by atoms with Gasteiger partial charge in [0, 0.05) is 0 Å². The highest BCUT2D eigenvalue weighted by atomic mass is 16.5. The summed E-state index contributed by atoms with van der Waals surface area (Å²) in [5.74, 6) is 2.83. The van der Waals surface area contributed by atoms with Gasteiger partial charge in [-0.3, -0.25) is 0 Å². The van der Waals surface area contributed by atoms with Gasteiger partial charge in [-0.15, -0.1) is 0 Å². The molecule has 0 radical (unpaired) electrons. The molecule has 0 heterocycles. The molecule has 0 amide bonds. The molecule has 94 valence electrons. The molecule has 1 fully saturated rings. The van der Waals surface area contributed by atoms with Gasteiger partial charge in [0.05, 0.1) is 6.61 Å². The summed E-state index contributed by atoms with van der Waals surface area (Å²) in [5, 5.41) is 3.51. The second-order valence-corrected chi connectivity index (χ2v) is 5.03. The Morgan fingerprint density at radius 3 is 2.76 bits per heavy atom. The Kier molecular flexibility index (Phi) is 4.87. The Hall–Kier alpha value is -1.02. The van der Waals surface area contributed by atoms with E-state index < -0.39 is 0 Å². The normalized spacial score (nSPS) is 16.8. The molecule has 0 spiro atoms. The molecule has 2 nitrogen and oxygen atoms in total. The van der Waals surface area contributed by atoms with E-state index in [9.17, 15) is 0 Å². The summed E-state index contributed by atoms with van der Waals surface area (Å²) in [4.78, 5) is 0. The summed E-state index contributed by atoms with van der Waals surface area (Å²) in [5.41, 5.74) is 0. The summed E-state index contributed by atoms with van der Waals surface area (Å²) in [6.45, 7) is 5.37. The fourth-order valence-corrected chi connectivity index (χ4v) is 2.07. The van der Waals surface area contributed by atoms with Crippen molar-refractivity contribution in [2.24, 2.45) is 11.8 Å². The first kappa shape index (κ1) is 12.4. The molecule has 1 aliphatic rings. The lowest BCUT2D eigenvalue weighted by Gasteiger charge is -2.11. The zero-order valence-corrected chi connectivity index (χ0v) is 10.7. The van der Waals surface area contributed by atoms with Gasteiger partial charge in [0.15, 0.2) is 0 Å². The van der Waals surface area contributed by atoms with Crippen LogP contribution in [0, 0.1) is 11.8 Å². The fourth-order valence-electron chi connectivity index (χ4n) is 2.07. The van der Waals surface area contributed by atoms with E-state index in [-0.39, 0.29) is 0 Å². The molecule has 1 atom stereocenters. The minimum absolute atomic E-state index is 0.800. The smallest absolute Gasteiger partial charge is 0.119 e. The largest absolute Gasteiger partial charge is 0.494 e. The molecule has 0 aromatic heterocycles. The molecule has 0 bridgehead atoms. The first-order chi connectivity index (χ1) is 8.36. The van der Waals surface area contributed by atoms with E-state index >= 15 is 0 Å². The molecule has 0 aliphatic heterocycles. The first-order valence-electron chi connectivity index (χ1n) is 6.75. The number of nitrogens with one attached hydrogen (secondary N) is 1. The predicted molar refractivity (Wildman–Crippen MR) is 71.3 cm³/mol. The van der Waals surface area contributed by atoms with Crippen LogP contribution in [-0.4, -0.2) is 19.7 Å². The van der Waals surface area contributed by atoms with Crippen molar-refractivity contribution in [1.29, 1.82) is 0 Å². The van der Waals surface area contributed by atoms with Gasteiger partial charge in [0.25, 0.3) is 0 Å². The Labute approximate surface area is 104 Å². The van der Waals surface area contributed by atoms with E-state index in [0.29, 0.717) is 0 Å². The summed E-state index contributed by atoms with van der Waals surface area (Å²) >= 11 is 0. The standard InChI is InChI=1S/C15H23NO/c1-13(14-8-9-14)12-16-10-5-11-17-15-6-3-2-4-7-15/h2-4,6-7,13-14,16H,5,8-12H2,1H3. The monoisotopic (exact) mass is 233 g/mol. The fraction of sp³-hybridized carbons (Fsp3) is 0.600. The Morgan fingerprint density at radius 1 is 1.29 bits per heavy atom. The van der Waals surface area contributed by atoms with Crippen LogP contribution in [0.3, 0.4) is 0 Å². The Bertz CT molecular complexity index is 308. The highest BCUT2D eigenvalue weighted by Crippen LogP contribution is 2.35. The van der Waals surface area contributed by atoms with Crippen LogP contribution in [0.5, 0.6) is 5.75 Å². The van der Waals surface area contributed by atoms with Crippen LogP contribution >= 0.6 is 0 Å². The van der Waals surface area contributed by atoms with Gasteiger partial charge >= 0.3 is 0 Å². The number of rotatable bonds is 8. The van der Waals surface area contributed by atoms with Crippen molar-refractivity contribution >= 4 is 0 Å². The maximum atomic E-state index is 5.63. The lowest BCUT2D eigenvalue weighted by molar-refractivity contribution is 0.305. The zero-order valence-electron chi connectivity index (χ0n) is 10.7. The number of benzene rings is 1. The lowest BCUT2D eigenvalue weighted by atomic mass is 10.1. The summed E-state index contributed by atoms with van der Waals surface area (Å²) in [7, 11) is 0. The molecule has 1 unspecified atom stereocenters. The third-order valence-corrected chi connectivity index (χ3v) is 3.40. The van der Waals surface area contributed by atoms with E-state index in [2.05, 4.69) is 12.2 Å². The molecule has 1 N–H and O–H groups in total. The quantitative estimate of drug-likeness (QED) is 0.697. The van der Waals surface area contributed by atoms with Crippen molar-refractivity contribution in [1.82, 2.24) is 5.32 Å². The SMILES string of the molecule is CC(CNCCCOc1ccccc1)C1CC1. The van der Waals surface area contributed by atoms with Gasteiger partial charge in [-0.25, -0.2) is 0 Å². The number of para-hydroxylation sites is 1. The van der Waals surface area contributed by atoms with E-state index in [1.165, 1.54) is 12.8 Å². The van der Waals surface area contributed by atoms with Crippen LogP contribution in [0.15, 0.2) is 30.3 Å². The molecular formula is C15H23NO. The summed E-state index contributed by atoms with van der Waals surface area (Å²) < 4.78 is 5.63. The molecule has 1 saturated carbocycles. The topological polar surface area (TPSA) is 21.3 Å². The van der Waals surface area contributed by atoms with Crippen LogP contribution in [0.2, 0.25) is 0 Å². The Balaban J connectivity index is 1.46. The third-order valence-electron chi connectivity index (χ3n) is 3.40. The van der Waals surface area contributed by atoms with E-state index in [1.807, 2.05) is 30.3 Å². The molecule has 0 saturated heterocycles. The minimum atomic E-state index is 0.800. The van der Waals surface area contributed by atoms with Crippen molar-refractivity contribution in [3.05, 3.63) is 30.3 Å². The highest BCUT2D eigenvalue weighted by molar-refractivity contribution is 5.20. The molecule has 17 heavy (non-hydrogen) atoms.